The van der Waals surface area contributed by atoms with E-state index in [0.717, 1.165) is 37.8 Å². The summed E-state index contributed by atoms with van der Waals surface area (Å²) >= 11 is 0. The standard InChI is InChI=1S/2C20H30F2NO.2C5H5.Ti/c2*1-7-10-20(5,6)19(24)23(13-15(4)11-14(2)3)18-9-8-16(21)12-17(18)22;2*1-2-4-5-3-1;/h2*8-9,14-15H,7,10-11,13H2,1-6H3;2*1-5H;/q4*-1;+4. The number of hydrogen-bond acceptors (Lipinski definition) is 2. The zero-order valence-corrected chi connectivity index (χ0v) is 39.3. The van der Waals surface area contributed by atoms with Crippen molar-refractivity contribution >= 4 is 23.2 Å². The Hall–Kier alpha value is -3.49. The van der Waals surface area contributed by atoms with Gasteiger partial charge in [-0.2, -0.15) is 36.4 Å². The van der Waals surface area contributed by atoms with Crippen LogP contribution in [0.5, 0.6) is 0 Å². The molecule has 0 aliphatic heterocycles. The van der Waals surface area contributed by atoms with Crippen LogP contribution in [0.1, 0.15) is 122 Å². The van der Waals surface area contributed by atoms with E-state index in [4.69, 9.17) is 0 Å². The van der Waals surface area contributed by atoms with Gasteiger partial charge in [-0.25, -0.2) is 41.8 Å². The summed E-state index contributed by atoms with van der Waals surface area (Å²) in [4.78, 5) is 29.1. The second kappa shape index (κ2) is 28.1. The van der Waals surface area contributed by atoms with Crippen molar-refractivity contribution in [2.75, 3.05) is 22.9 Å². The van der Waals surface area contributed by atoms with Gasteiger partial charge >= 0.3 is 21.7 Å². The summed E-state index contributed by atoms with van der Waals surface area (Å²) in [5, 5.41) is 0. The molecule has 0 aliphatic carbocycles. The van der Waals surface area contributed by atoms with Crippen molar-refractivity contribution in [2.45, 2.75) is 122 Å². The summed E-state index contributed by atoms with van der Waals surface area (Å²) in [6.07, 6.45) is 5.04. The summed E-state index contributed by atoms with van der Waals surface area (Å²) in [6, 6.07) is 29.1. The van der Waals surface area contributed by atoms with Crippen molar-refractivity contribution in [1.82, 2.24) is 0 Å². The van der Waals surface area contributed by atoms with Crippen molar-refractivity contribution in [1.29, 1.82) is 0 Å². The zero-order chi connectivity index (χ0) is 44.1. The molecule has 0 saturated heterocycles. The minimum absolute atomic E-state index is 0. The number of rotatable bonds is 16. The van der Waals surface area contributed by atoms with Gasteiger partial charge in [-0.3, -0.25) is 9.59 Å². The normalized spacial score (nSPS) is 12.1. The minimum Gasteiger partial charge on any atom is -0.363 e. The molecule has 2 unspecified atom stereocenters. The monoisotopic (exact) mass is 854 g/mol. The van der Waals surface area contributed by atoms with Gasteiger partial charge in [0.1, 0.15) is 0 Å². The second-order valence-electron chi connectivity index (χ2n) is 17.5. The van der Waals surface area contributed by atoms with Gasteiger partial charge in [0.15, 0.2) is 0 Å². The van der Waals surface area contributed by atoms with E-state index in [1.165, 1.54) is 21.9 Å². The Labute approximate surface area is 369 Å². The number of halogens is 4. The van der Waals surface area contributed by atoms with E-state index in [2.05, 4.69) is 41.5 Å². The van der Waals surface area contributed by atoms with Crippen LogP contribution in [0.4, 0.5) is 28.9 Å². The maximum absolute atomic E-state index is 14.3. The fourth-order valence-electron chi connectivity index (χ4n) is 7.09. The Morgan fingerprint density at radius 2 is 0.898 bits per heavy atom. The van der Waals surface area contributed by atoms with Crippen molar-refractivity contribution < 1.29 is 48.9 Å². The Kier molecular flexibility index (Phi) is 26.5. The summed E-state index contributed by atoms with van der Waals surface area (Å²) in [5.41, 5.74) is -0.956. The predicted octanol–water partition coefficient (Wildman–Crippen LogP) is 14.0. The molecular formula is C50H70F4N2O2Ti. The number of benzene rings is 2. The molecule has 4 aromatic carbocycles. The van der Waals surface area contributed by atoms with Crippen LogP contribution >= 0.6 is 0 Å². The second-order valence-corrected chi connectivity index (χ2v) is 17.5. The van der Waals surface area contributed by atoms with Crippen molar-refractivity contribution in [3.05, 3.63) is 120 Å². The van der Waals surface area contributed by atoms with Crippen LogP contribution in [0, 0.1) is 69.9 Å². The third-order valence-electron chi connectivity index (χ3n) is 9.51. The predicted molar refractivity (Wildman–Crippen MR) is 234 cm³/mol. The quantitative estimate of drug-likeness (QED) is 0.0640. The first kappa shape index (κ1) is 55.5. The number of carbonyl (C=O) groups excluding carboxylic acids is 2. The first-order valence-corrected chi connectivity index (χ1v) is 20.9. The zero-order valence-electron chi connectivity index (χ0n) is 37.8. The van der Waals surface area contributed by atoms with Gasteiger partial charge in [0.25, 0.3) is 0 Å². The maximum Gasteiger partial charge on any atom is 4.00 e. The first-order valence-electron chi connectivity index (χ1n) is 20.9. The molecule has 4 nitrogen and oxygen atoms in total. The number of nitrogens with zero attached hydrogens (tertiary/aromatic N) is 2. The molecule has 0 N–H and O–H groups in total. The van der Waals surface area contributed by atoms with Crippen molar-refractivity contribution in [3.63, 3.8) is 0 Å². The third kappa shape index (κ3) is 21.0. The van der Waals surface area contributed by atoms with E-state index in [0.29, 0.717) is 37.8 Å². The van der Waals surface area contributed by atoms with Crippen LogP contribution in [-0.4, -0.2) is 24.9 Å². The maximum atomic E-state index is 14.3. The molecule has 0 heterocycles. The summed E-state index contributed by atoms with van der Waals surface area (Å²) in [7, 11) is 0. The molecule has 0 fully saturated rings. The van der Waals surface area contributed by atoms with Crippen LogP contribution in [0.15, 0.2) is 84.9 Å². The Morgan fingerprint density at radius 3 is 1.12 bits per heavy atom. The molecule has 0 radical (unpaired) electrons. The Morgan fingerprint density at radius 1 is 0.593 bits per heavy atom. The molecule has 2 atom stereocenters. The molecular weight excluding hydrogens is 784 g/mol. The van der Waals surface area contributed by atoms with E-state index in [-0.39, 0.29) is 56.7 Å². The average molecular weight is 855 g/mol. The molecule has 59 heavy (non-hydrogen) atoms. The van der Waals surface area contributed by atoms with Gasteiger partial charge in [-0.1, -0.05) is 95.9 Å². The number of hydrogen-bond donors (Lipinski definition) is 0. The number of amides is 2. The van der Waals surface area contributed by atoms with E-state index in [1.54, 1.807) is 0 Å². The van der Waals surface area contributed by atoms with Crippen LogP contribution in [0.2, 0.25) is 0 Å². The molecule has 2 amide bonds. The molecule has 4 aromatic rings. The van der Waals surface area contributed by atoms with Crippen molar-refractivity contribution in [3.8, 4) is 0 Å². The number of anilines is 2. The van der Waals surface area contributed by atoms with Crippen LogP contribution in [0.3, 0.4) is 0 Å². The van der Waals surface area contributed by atoms with Gasteiger partial charge in [-0.15, -0.1) is 36.4 Å². The smallest absolute Gasteiger partial charge is 0.363 e. The van der Waals surface area contributed by atoms with Gasteiger partial charge in [-0.05, 0) is 60.7 Å². The van der Waals surface area contributed by atoms with E-state index >= 15 is 0 Å². The van der Waals surface area contributed by atoms with Gasteiger partial charge in [0, 0.05) is 47.2 Å². The van der Waals surface area contributed by atoms with Crippen LogP contribution in [0.25, 0.3) is 0 Å². The first-order chi connectivity index (χ1) is 27.2. The topological polar surface area (TPSA) is 40.6 Å². The van der Waals surface area contributed by atoms with E-state index in [9.17, 15) is 27.2 Å². The minimum atomic E-state index is -0.813. The molecule has 9 heteroatoms. The molecule has 0 saturated carbocycles. The average Bonchev–Trinajstić information content (AvgIpc) is 3.90. The van der Waals surface area contributed by atoms with E-state index in [1.807, 2.05) is 114 Å². The fourth-order valence-corrected chi connectivity index (χ4v) is 7.09. The molecule has 4 rings (SSSR count). The molecule has 0 spiro atoms. The van der Waals surface area contributed by atoms with E-state index < -0.39 is 34.1 Å². The van der Waals surface area contributed by atoms with Gasteiger partial charge < -0.3 is 9.80 Å². The van der Waals surface area contributed by atoms with Gasteiger partial charge in [0.2, 0.25) is 11.8 Å². The molecule has 0 aliphatic rings. The Bertz CT molecular complexity index is 1540. The molecule has 0 aromatic heterocycles. The van der Waals surface area contributed by atoms with Crippen molar-refractivity contribution in [2.24, 2.45) is 34.5 Å². The SMILES string of the molecule is CCCC(C)(C)C(=O)N(CC(C)CC(C)C)c1ccc(F)[c-]c1F.CCCC(C)(C)C(=O)N(CC(C)CC(C)C)c1ccc(F)[c-]c1F.[Ti+4].c1cc[cH-]c1.c1cc[cH-]c1. The van der Waals surface area contributed by atoms with Crippen LogP contribution in [-0.2, 0) is 31.3 Å². The fraction of sp³-hybridized carbons (Fsp3) is 0.520. The van der Waals surface area contributed by atoms with Crippen LogP contribution < -0.4 is 9.80 Å². The third-order valence-corrected chi connectivity index (χ3v) is 9.51. The molecule has 324 valence electrons. The summed E-state index contributed by atoms with van der Waals surface area (Å²) in [5.74, 6) is -1.97. The number of carbonyl (C=O) groups is 2. The summed E-state index contributed by atoms with van der Waals surface area (Å²) < 4.78 is 54.9. The summed E-state index contributed by atoms with van der Waals surface area (Å²) in [6.45, 7) is 25.0. The Balaban J connectivity index is 0.000000903. The van der Waals surface area contributed by atoms with Gasteiger partial charge in [0.05, 0.1) is 0 Å². The molecule has 0 bridgehead atoms. The largest absolute Gasteiger partial charge is 4.00 e.